The maximum atomic E-state index is 12.4. The minimum Gasteiger partial charge on any atom is -0.329 e. The predicted molar refractivity (Wildman–Crippen MR) is 65.0 cm³/mol. The van der Waals surface area contributed by atoms with Crippen molar-refractivity contribution in [3.8, 4) is 0 Å². The highest BCUT2D eigenvalue weighted by Gasteiger charge is 2.32. The van der Waals surface area contributed by atoms with Gasteiger partial charge < -0.3 is 10.7 Å². The highest BCUT2D eigenvalue weighted by atomic mass is 35.5. The molecular formula is C8H6Cl2F3N3S. The fourth-order valence-corrected chi connectivity index (χ4v) is 1.69. The van der Waals surface area contributed by atoms with E-state index in [1.54, 1.807) is 0 Å². The van der Waals surface area contributed by atoms with Crippen molar-refractivity contribution in [3.63, 3.8) is 0 Å². The van der Waals surface area contributed by atoms with Crippen LogP contribution in [-0.2, 0) is 6.18 Å². The zero-order chi connectivity index (χ0) is 13.2. The summed E-state index contributed by atoms with van der Waals surface area (Å²) in [6.07, 6.45) is -4.52. The Hall–Kier alpha value is -0.760. The SMILES string of the molecule is NNC(=S)Nc1c(Cl)cc(C(F)(F)F)cc1Cl. The molecule has 9 heteroatoms. The summed E-state index contributed by atoms with van der Waals surface area (Å²) >= 11 is 16.0. The number of hydrogen-bond donors (Lipinski definition) is 3. The largest absolute Gasteiger partial charge is 0.416 e. The van der Waals surface area contributed by atoms with E-state index in [0.29, 0.717) is 0 Å². The summed E-state index contributed by atoms with van der Waals surface area (Å²) in [5, 5.41) is 2.04. The van der Waals surface area contributed by atoms with E-state index in [0.717, 1.165) is 12.1 Å². The molecule has 3 nitrogen and oxygen atoms in total. The van der Waals surface area contributed by atoms with Gasteiger partial charge >= 0.3 is 6.18 Å². The highest BCUT2D eigenvalue weighted by molar-refractivity contribution is 7.80. The summed E-state index contributed by atoms with van der Waals surface area (Å²) in [4.78, 5) is 0. The monoisotopic (exact) mass is 303 g/mol. The van der Waals surface area contributed by atoms with E-state index in [1.807, 2.05) is 0 Å². The van der Waals surface area contributed by atoms with Gasteiger partial charge in [0.15, 0.2) is 5.11 Å². The number of benzene rings is 1. The summed E-state index contributed by atoms with van der Waals surface area (Å²) in [6, 6.07) is 1.49. The van der Waals surface area contributed by atoms with Crippen LogP contribution in [0.1, 0.15) is 5.56 Å². The van der Waals surface area contributed by atoms with Gasteiger partial charge in [0.2, 0.25) is 0 Å². The van der Waals surface area contributed by atoms with Gasteiger partial charge in [-0.25, -0.2) is 5.84 Å². The molecule has 0 radical (unpaired) electrons. The number of nitrogens with one attached hydrogen (secondary N) is 2. The molecule has 94 valence electrons. The zero-order valence-corrected chi connectivity index (χ0v) is 10.4. The Morgan fingerprint density at radius 1 is 1.24 bits per heavy atom. The summed E-state index contributed by atoms with van der Waals surface area (Å²) in [6.45, 7) is 0. The van der Waals surface area contributed by atoms with Gasteiger partial charge in [-0.05, 0) is 24.4 Å². The van der Waals surface area contributed by atoms with E-state index in [-0.39, 0.29) is 20.8 Å². The van der Waals surface area contributed by atoms with Gasteiger partial charge in [0, 0.05) is 0 Å². The second kappa shape index (κ2) is 5.26. The average molecular weight is 304 g/mol. The first-order valence-electron chi connectivity index (χ1n) is 4.09. The summed E-state index contributed by atoms with van der Waals surface area (Å²) in [7, 11) is 0. The average Bonchev–Trinajstić information content (AvgIpc) is 2.21. The molecule has 0 aromatic heterocycles. The normalized spacial score (nSPS) is 11.2. The molecule has 0 aliphatic heterocycles. The van der Waals surface area contributed by atoms with E-state index < -0.39 is 11.7 Å². The molecule has 0 spiro atoms. The summed E-state index contributed by atoms with van der Waals surface area (Å²) < 4.78 is 37.2. The number of nitrogens with two attached hydrogens (primary N) is 1. The first-order valence-corrected chi connectivity index (χ1v) is 5.26. The molecule has 0 amide bonds. The van der Waals surface area contributed by atoms with Crippen LogP contribution in [0.15, 0.2) is 12.1 Å². The fraction of sp³-hybridized carbons (Fsp3) is 0.125. The van der Waals surface area contributed by atoms with E-state index in [9.17, 15) is 13.2 Å². The van der Waals surface area contributed by atoms with Crippen LogP contribution in [0.5, 0.6) is 0 Å². The lowest BCUT2D eigenvalue weighted by Crippen LogP contribution is -2.34. The van der Waals surface area contributed by atoms with Crippen molar-refractivity contribution in [2.75, 3.05) is 5.32 Å². The zero-order valence-electron chi connectivity index (χ0n) is 8.03. The molecule has 0 atom stereocenters. The molecule has 0 saturated carbocycles. The van der Waals surface area contributed by atoms with Gasteiger partial charge in [0.25, 0.3) is 0 Å². The van der Waals surface area contributed by atoms with Gasteiger partial charge in [-0.1, -0.05) is 23.2 Å². The molecule has 0 saturated heterocycles. The Bertz CT molecular complexity index is 427. The second-order valence-corrected chi connectivity index (χ2v) is 4.13. The van der Waals surface area contributed by atoms with E-state index in [1.165, 1.54) is 0 Å². The number of thiocarbonyl (C=S) groups is 1. The first kappa shape index (κ1) is 14.3. The quantitative estimate of drug-likeness (QED) is 0.424. The number of rotatable bonds is 1. The molecule has 4 N–H and O–H groups in total. The van der Waals surface area contributed by atoms with Crippen molar-refractivity contribution in [1.82, 2.24) is 5.43 Å². The molecule has 0 fully saturated rings. The van der Waals surface area contributed by atoms with Crippen molar-refractivity contribution in [1.29, 1.82) is 0 Å². The van der Waals surface area contributed by atoms with Crippen LogP contribution < -0.4 is 16.6 Å². The van der Waals surface area contributed by atoms with Crippen molar-refractivity contribution < 1.29 is 13.2 Å². The smallest absolute Gasteiger partial charge is 0.329 e. The molecule has 1 aromatic carbocycles. The number of hydrogen-bond acceptors (Lipinski definition) is 2. The van der Waals surface area contributed by atoms with Crippen molar-refractivity contribution >= 4 is 46.2 Å². The lowest BCUT2D eigenvalue weighted by molar-refractivity contribution is -0.137. The molecule has 0 unspecified atom stereocenters. The molecule has 17 heavy (non-hydrogen) atoms. The van der Waals surface area contributed by atoms with Crippen LogP contribution in [0.25, 0.3) is 0 Å². The number of hydrazine groups is 1. The van der Waals surface area contributed by atoms with Crippen LogP contribution >= 0.6 is 35.4 Å². The van der Waals surface area contributed by atoms with Gasteiger partial charge in [-0.15, -0.1) is 0 Å². The van der Waals surface area contributed by atoms with Crippen LogP contribution in [0.3, 0.4) is 0 Å². The number of halogens is 5. The highest BCUT2D eigenvalue weighted by Crippen LogP contribution is 2.38. The van der Waals surface area contributed by atoms with E-state index in [2.05, 4.69) is 23.0 Å². The van der Waals surface area contributed by atoms with Crippen LogP contribution in [0.2, 0.25) is 10.0 Å². The summed E-state index contributed by atoms with van der Waals surface area (Å²) in [5.41, 5.74) is 1.21. The summed E-state index contributed by atoms with van der Waals surface area (Å²) in [5.74, 6) is 5.00. The standard InChI is InChI=1S/C8H6Cl2F3N3S/c9-4-1-3(8(11,12)13)2-5(10)6(4)15-7(17)16-14/h1-2H,14H2,(H2,15,16,17). The van der Waals surface area contributed by atoms with Crippen molar-refractivity contribution in [2.24, 2.45) is 5.84 Å². The third kappa shape index (κ3) is 3.60. The number of anilines is 1. The third-order valence-electron chi connectivity index (χ3n) is 1.74. The van der Waals surface area contributed by atoms with E-state index >= 15 is 0 Å². The van der Waals surface area contributed by atoms with Gasteiger partial charge in [0.1, 0.15) is 0 Å². The topological polar surface area (TPSA) is 50.1 Å². The van der Waals surface area contributed by atoms with Gasteiger partial charge in [0.05, 0.1) is 21.3 Å². The van der Waals surface area contributed by atoms with E-state index in [4.69, 9.17) is 29.0 Å². The first-order chi connectivity index (χ1) is 7.75. The molecule has 0 aliphatic rings. The molecule has 0 heterocycles. The molecule has 0 bridgehead atoms. The minimum atomic E-state index is -4.52. The predicted octanol–water partition coefficient (Wildman–Crippen LogP) is 3.17. The number of alkyl halides is 3. The van der Waals surface area contributed by atoms with Crippen molar-refractivity contribution in [2.45, 2.75) is 6.18 Å². The van der Waals surface area contributed by atoms with Crippen LogP contribution in [-0.4, -0.2) is 5.11 Å². The molecular weight excluding hydrogens is 298 g/mol. The Morgan fingerprint density at radius 3 is 2.06 bits per heavy atom. The Labute approximate surface area is 110 Å². The van der Waals surface area contributed by atoms with Crippen molar-refractivity contribution in [3.05, 3.63) is 27.7 Å². The lowest BCUT2D eigenvalue weighted by Gasteiger charge is -2.13. The van der Waals surface area contributed by atoms with Gasteiger partial charge in [-0.2, -0.15) is 13.2 Å². The maximum Gasteiger partial charge on any atom is 0.416 e. The molecule has 1 aromatic rings. The Morgan fingerprint density at radius 2 is 1.71 bits per heavy atom. The lowest BCUT2D eigenvalue weighted by atomic mass is 10.2. The van der Waals surface area contributed by atoms with Gasteiger partial charge in [-0.3, -0.25) is 0 Å². The fourth-order valence-electron chi connectivity index (χ4n) is 1.01. The maximum absolute atomic E-state index is 12.4. The second-order valence-electron chi connectivity index (χ2n) is 2.91. The minimum absolute atomic E-state index is 0.0199. The molecule has 0 aliphatic carbocycles. The van der Waals surface area contributed by atoms with Crippen LogP contribution in [0.4, 0.5) is 18.9 Å². The van der Waals surface area contributed by atoms with Crippen LogP contribution in [0, 0.1) is 0 Å². The Kier molecular flexibility index (Phi) is 4.42. The molecule has 1 rings (SSSR count). The third-order valence-corrected chi connectivity index (χ3v) is 2.56. The Balaban J connectivity index is 3.15.